The van der Waals surface area contributed by atoms with Gasteiger partial charge in [-0.15, -0.1) is 0 Å². The van der Waals surface area contributed by atoms with Crippen LogP contribution < -0.4 is 0 Å². The molecule has 2 fully saturated rings. The summed E-state index contributed by atoms with van der Waals surface area (Å²) in [5.74, 6) is 0.108. The Hall–Kier alpha value is -2.83. The van der Waals surface area contributed by atoms with E-state index in [4.69, 9.17) is 9.26 Å². The standard InChI is InChI=1S/C19H21N3O4/c23-18(17-6-9-20-26-17)21-10-7-15(8-11-21)22-16(13-25-19(22)24)12-14-4-2-1-3-5-14/h1-6,9,15-16H,7-8,10-13H2/t16-/m1/s1. The average Bonchev–Trinajstić information content (AvgIpc) is 3.33. The number of aromatic nitrogens is 1. The van der Waals surface area contributed by atoms with Crippen LogP contribution in [-0.2, 0) is 11.2 Å². The molecule has 0 aliphatic carbocycles. The summed E-state index contributed by atoms with van der Waals surface area (Å²) in [5.41, 5.74) is 1.19. The van der Waals surface area contributed by atoms with Crippen molar-refractivity contribution in [2.75, 3.05) is 19.7 Å². The molecular weight excluding hydrogens is 334 g/mol. The quantitative estimate of drug-likeness (QED) is 0.841. The van der Waals surface area contributed by atoms with Crippen LogP contribution in [0.3, 0.4) is 0 Å². The molecule has 0 bridgehead atoms. The molecule has 2 aromatic rings. The summed E-state index contributed by atoms with van der Waals surface area (Å²) < 4.78 is 10.3. The summed E-state index contributed by atoms with van der Waals surface area (Å²) in [7, 11) is 0. The lowest BCUT2D eigenvalue weighted by molar-refractivity contribution is 0.0598. The molecule has 136 valence electrons. The molecule has 2 aliphatic heterocycles. The van der Waals surface area contributed by atoms with E-state index < -0.39 is 0 Å². The van der Waals surface area contributed by atoms with Gasteiger partial charge in [0.25, 0.3) is 5.91 Å². The van der Waals surface area contributed by atoms with Gasteiger partial charge in [0.05, 0.1) is 12.2 Å². The molecule has 0 unspecified atom stereocenters. The van der Waals surface area contributed by atoms with E-state index in [-0.39, 0.29) is 29.8 Å². The third-order valence-electron chi connectivity index (χ3n) is 5.11. The van der Waals surface area contributed by atoms with Crippen molar-refractivity contribution in [3.63, 3.8) is 0 Å². The number of cyclic esters (lactones) is 1. The Balaban J connectivity index is 1.39. The predicted molar refractivity (Wildman–Crippen MR) is 92.5 cm³/mol. The highest BCUT2D eigenvalue weighted by Crippen LogP contribution is 2.26. The van der Waals surface area contributed by atoms with Gasteiger partial charge >= 0.3 is 6.09 Å². The first-order valence-corrected chi connectivity index (χ1v) is 8.91. The topological polar surface area (TPSA) is 75.9 Å². The third kappa shape index (κ3) is 3.29. The molecule has 2 saturated heterocycles. The van der Waals surface area contributed by atoms with Crippen molar-refractivity contribution in [3.05, 3.63) is 53.9 Å². The molecule has 1 atom stereocenters. The fourth-order valence-electron chi connectivity index (χ4n) is 3.79. The predicted octanol–water partition coefficient (Wildman–Crippen LogP) is 2.34. The molecule has 1 aromatic heterocycles. The van der Waals surface area contributed by atoms with E-state index in [0.29, 0.717) is 19.7 Å². The van der Waals surface area contributed by atoms with Crippen molar-refractivity contribution in [1.82, 2.24) is 15.0 Å². The van der Waals surface area contributed by atoms with E-state index in [2.05, 4.69) is 17.3 Å². The zero-order valence-corrected chi connectivity index (χ0v) is 14.4. The number of nitrogens with zero attached hydrogens (tertiary/aromatic N) is 3. The van der Waals surface area contributed by atoms with Crippen molar-refractivity contribution in [2.45, 2.75) is 31.3 Å². The number of hydrogen-bond donors (Lipinski definition) is 0. The van der Waals surface area contributed by atoms with Crippen molar-refractivity contribution in [1.29, 1.82) is 0 Å². The van der Waals surface area contributed by atoms with Gasteiger partial charge in [-0.3, -0.25) is 9.69 Å². The van der Waals surface area contributed by atoms with Crippen LogP contribution in [0, 0.1) is 0 Å². The second kappa shape index (κ2) is 7.19. The molecule has 0 N–H and O–H groups in total. The largest absolute Gasteiger partial charge is 0.447 e. The van der Waals surface area contributed by atoms with Gasteiger partial charge in [0.1, 0.15) is 6.61 Å². The van der Waals surface area contributed by atoms with Crippen LogP contribution in [0.4, 0.5) is 4.79 Å². The summed E-state index contributed by atoms with van der Waals surface area (Å²) in [6, 6.07) is 11.8. The number of ether oxygens (including phenoxy) is 1. The van der Waals surface area contributed by atoms with Gasteiger partial charge in [-0.2, -0.15) is 0 Å². The SMILES string of the molecule is O=C(c1ccno1)N1CCC(N2C(=O)OC[C@H]2Cc2ccccc2)CC1. The van der Waals surface area contributed by atoms with Crippen LogP contribution in [-0.4, -0.2) is 58.7 Å². The Morgan fingerprint density at radius 1 is 1.15 bits per heavy atom. The first-order valence-electron chi connectivity index (χ1n) is 8.91. The minimum Gasteiger partial charge on any atom is -0.447 e. The minimum absolute atomic E-state index is 0.0476. The highest BCUT2D eigenvalue weighted by molar-refractivity contribution is 5.91. The number of rotatable bonds is 4. The zero-order valence-electron chi connectivity index (χ0n) is 14.4. The maximum atomic E-state index is 12.3. The van der Waals surface area contributed by atoms with Crippen LogP contribution >= 0.6 is 0 Å². The number of likely N-dealkylation sites (tertiary alicyclic amines) is 1. The Morgan fingerprint density at radius 2 is 1.92 bits per heavy atom. The van der Waals surface area contributed by atoms with Crippen molar-refractivity contribution in [2.24, 2.45) is 0 Å². The average molecular weight is 355 g/mol. The number of carbonyl (C=O) groups is 2. The third-order valence-corrected chi connectivity index (χ3v) is 5.11. The normalized spacial score (nSPS) is 21.1. The van der Waals surface area contributed by atoms with Crippen LogP contribution in [0.1, 0.15) is 29.0 Å². The van der Waals surface area contributed by atoms with E-state index in [1.54, 1.807) is 11.0 Å². The Kier molecular flexibility index (Phi) is 4.60. The van der Waals surface area contributed by atoms with Crippen LogP contribution in [0.25, 0.3) is 0 Å². The molecule has 7 heteroatoms. The molecule has 3 heterocycles. The fraction of sp³-hybridized carbons (Fsp3) is 0.421. The van der Waals surface area contributed by atoms with Gasteiger partial charge in [0.2, 0.25) is 5.76 Å². The van der Waals surface area contributed by atoms with E-state index in [1.807, 2.05) is 23.1 Å². The van der Waals surface area contributed by atoms with E-state index >= 15 is 0 Å². The molecule has 0 spiro atoms. The number of hydrogen-bond acceptors (Lipinski definition) is 5. The van der Waals surface area contributed by atoms with E-state index in [1.165, 1.54) is 11.8 Å². The van der Waals surface area contributed by atoms with Gasteiger partial charge in [0, 0.05) is 25.2 Å². The number of piperidine rings is 1. The number of carbonyl (C=O) groups excluding carboxylic acids is 2. The van der Waals surface area contributed by atoms with Crippen LogP contribution in [0.2, 0.25) is 0 Å². The molecule has 0 radical (unpaired) electrons. The monoisotopic (exact) mass is 355 g/mol. The van der Waals surface area contributed by atoms with Gasteiger partial charge < -0.3 is 14.2 Å². The van der Waals surface area contributed by atoms with Gasteiger partial charge in [-0.05, 0) is 24.8 Å². The van der Waals surface area contributed by atoms with Gasteiger partial charge in [-0.1, -0.05) is 35.5 Å². The first kappa shape index (κ1) is 16.6. The van der Waals surface area contributed by atoms with Gasteiger partial charge in [0.15, 0.2) is 0 Å². The molecular formula is C19H21N3O4. The first-order chi connectivity index (χ1) is 12.7. The maximum Gasteiger partial charge on any atom is 0.410 e. The van der Waals surface area contributed by atoms with E-state index in [0.717, 1.165) is 19.3 Å². The Labute approximate surface area is 151 Å². The number of benzene rings is 1. The highest BCUT2D eigenvalue weighted by atomic mass is 16.6. The summed E-state index contributed by atoms with van der Waals surface area (Å²) >= 11 is 0. The molecule has 2 amide bonds. The molecule has 2 aliphatic rings. The Morgan fingerprint density at radius 3 is 2.62 bits per heavy atom. The van der Waals surface area contributed by atoms with Crippen molar-refractivity contribution < 1.29 is 18.8 Å². The van der Waals surface area contributed by atoms with Crippen LogP contribution in [0.15, 0.2) is 47.1 Å². The minimum atomic E-state index is -0.244. The smallest absolute Gasteiger partial charge is 0.410 e. The van der Waals surface area contributed by atoms with Gasteiger partial charge in [-0.25, -0.2) is 4.79 Å². The molecule has 26 heavy (non-hydrogen) atoms. The summed E-state index contributed by atoms with van der Waals surface area (Å²) in [6.07, 6.45) is 3.48. The summed E-state index contributed by atoms with van der Waals surface area (Å²) in [6.45, 7) is 1.60. The summed E-state index contributed by atoms with van der Waals surface area (Å²) in [4.78, 5) is 28.3. The van der Waals surface area contributed by atoms with Crippen LogP contribution in [0.5, 0.6) is 0 Å². The second-order valence-electron chi connectivity index (χ2n) is 6.73. The van der Waals surface area contributed by atoms with E-state index in [9.17, 15) is 9.59 Å². The van der Waals surface area contributed by atoms with Crippen molar-refractivity contribution >= 4 is 12.0 Å². The molecule has 0 saturated carbocycles. The number of amides is 2. The summed E-state index contributed by atoms with van der Waals surface area (Å²) in [5, 5.41) is 3.58. The Bertz CT molecular complexity index is 754. The lowest BCUT2D eigenvalue weighted by Gasteiger charge is -2.37. The second-order valence-corrected chi connectivity index (χ2v) is 6.73. The van der Waals surface area contributed by atoms with Crippen molar-refractivity contribution in [3.8, 4) is 0 Å². The lowest BCUT2D eigenvalue weighted by atomic mass is 9.99. The molecule has 7 nitrogen and oxygen atoms in total. The fourth-order valence-corrected chi connectivity index (χ4v) is 3.79. The molecule has 4 rings (SSSR count). The zero-order chi connectivity index (χ0) is 17.9. The molecule has 1 aromatic carbocycles. The lowest BCUT2D eigenvalue weighted by Crippen LogP contribution is -2.50. The maximum absolute atomic E-state index is 12.3. The highest BCUT2D eigenvalue weighted by Gasteiger charge is 2.40.